The molecule has 0 aliphatic carbocycles. The fraction of sp³-hybridized carbons (Fsp3) is 0.882. The molecular weight excluding hydrogens is 324 g/mol. The van der Waals surface area contributed by atoms with Gasteiger partial charge in [-0.05, 0) is 12.8 Å². The highest BCUT2D eigenvalue weighted by Gasteiger charge is 2.24. The zero-order chi connectivity index (χ0) is 17.5. The number of carbonyl (C=O) groups is 2. The smallest absolute Gasteiger partial charge is 0.236 e. The van der Waals surface area contributed by atoms with Crippen molar-refractivity contribution < 1.29 is 19.1 Å². The Morgan fingerprint density at radius 3 is 2.24 bits per heavy atom. The largest absolute Gasteiger partial charge is 0.378 e. The van der Waals surface area contributed by atoms with Gasteiger partial charge in [0.2, 0.25) is 11.8 Å². The maximum Gasteiger partial charge on any atom is 0.236 e. The van der Waals surface area contributed by atoms with Gasteiger partial charge < -0.3 is 19.7 Å². The lowest BCUT2D eigenvalue weighted by Crippen LogP contribution is -2.53. The van der Waals surface area contributed by atoms with Gasteiger partial charge in [-0.25, -0.2) is 0 Å². The van der Waals surface area contributed by atoms with E-state index in [0.29, 0.717) is 45.9 Å². The molecule has 0 spiro atoms. The molecule has 8 nitrogen and oxygen atoms in total. The molecule has 3 aliphatic rings. The lowest BCUT2D eigenvalue weighted by Gasteiger charge is -2.35. The first-order valence-corrected chi connectivity index (χ1v) is 9.39. The monoisotopic (exact) mass is 354 g/mol. The SMILES string of the molecule is O=C(CN1CCN(CC(=O)N2CCOCC2)CC1)NCC1CCCO1. The third kappa shape index (κ3) is 5.91. The van der Waals surface area contributed by atoms with Crippen LogP contribution >= 0.6 is 0 Å². The van der Waals surface area contributed by atoms with Crippen molar-refractivity contribution in [2.75, 3.05) is 78.7 Å². The molecule has 0 bridgehead atoms. The van der Waals surface area contributed by atoms with Crippen LogP contribution in [0, 0.1) is 0 Å². The lowest BCUT2D eigenvalue weighted by atomic mass is 10.2. The molecule has 8 heteroatoms. The summed E-state index contributed by atoms with van der Waals surface area (Å²) in [7, 11) is 0. The van der Waals surface area contributed by atoms with Crippen LogP contribution in [0.4, 0.5) is 0 Å². The van der Waals surface area contributed by atoms with Crippen molar-refractivity contribution in [2.45, 2.75) is 18.9 Å². The van der Waals surface area contributed by atoms with E-state index in [9.17, 15) is 9.59 Å². The molecular formula is C17H30N4O4. The third-order valence-electron chi connectivity index (χ3n) is 5.11. The van der Waals surface area contributed by atoms with Crippen LogP contribution in [0.25, 0.3) is 0 Å². The molecule has 3 aliphatic heterocycles. The number of ether oxygens (including phenoxy) is 2. The van der Waals surface area contributed by atoms with Crippen LogP contribution in [0.15, 0.2) is 0 Å². The number of hydrogen-bond donors (Lipinski definition) is 1. The molecule has 25 heavy (non-hydrogen) atoms. The molecule has 0 aromatic heterocycles. The maximum absolute atomic E-state index is 12.3. The van der Waals surface area contributed by atoms with Gasteiger partial charge in [-0.2, -0.15) is 0 Å². The van der Waals surface area contributed by atoms with Crippen molar-refractivity contribution in [3.63, 3.8) is 0 Å². The second kappa shape index (κ2) is 9.47. The van der Waals surface area contributed by atoms with Crippen molar-refractivity contribution in [1.29, 1.82) is 0 Å². The molecule has 1 N–H and O–H groups in total. The molecule has 2 amide bonds. The van der Waals surface area contributed by atoms with Gasteiger partial charge in [-0.3, -0.25) is 19.4 Å². The fourth-order valence-electron chi connectivity index (χ4n) is 3.50. The van der Waals surface area contributed by atoms with E-state index in [0.717, 1.165) is 45.6 Å². The Balaban J connectivity index is 1.29. The highest BCUT2D eigenvalue weighted by atomic mass is 16.5. The molecule has 3 heterocycles. The van der Waals surface area contributed by atoms with Gasteiger partial charge in [-0.1, -0.05) is 0 Å². The van der Waals surface area contributed by atoms with E-state index in [-0.39, 0.29) is 17.9 Å². The van der Waals surface area contributed by atoms with Gasteiger partial charge >= 0.3 is 0 Å². The summed E-state index contributed by atoms with van der Waals surface area (Å²) < 4.78 is 10.8. The molecule has 0 aromatic carbocycles. The predicted molar refractivity (Wildman–Crippen MR) is 92.3 cm³/mol. The molecule has 3 rings (SSSR count). The molecule has 3 fully saturated rings. The minimum absolute atomic E-state index is 0.0633. The van der Waals surface area contributed by atoms with E-state index < -0.39 is 0 Å². The molecule has 142 valence electrons. The molecule has 0 radical (unpaired) electrons. The molecule has 3 saturated heterocycles. The average Bonchev–Trinajstić information content (AvgIpc) is 3.16. The summed E-state index contributed by atoms with van der Waals surface area (Å²) in [6.07, 6.45) is 2.31. The number of piperazine rings is 1. The van der Waals surface area contributed by atoms with E-state index in [1.54, 1.807) is 0 Å². The van der Waals surface area contributed by atoms with Crippen molar-refractivity contribution in [1.82, 2.24) is 20.0 Å². The van der Waals surface area contributed by atoms with Gasteiger partial charge in [-0.15, -0.1) is 0 Å². The Kier molecular flexibility index (Phi) is 7.03. The summed E-state index contributed by atoms with van der Waals surface area (Å²) >= 11 is 0. The van der Waals surface area contributed by atoms with Gasteiger partial charge in [0.15, 0.2) is 0 Å². The lowest BCUT2D eigenvalue weighted by molar-refractivity contribution is -0.137. The van der Waals surface area contributed by atoms with Crippen LogP contribution in [-0.2, 0) is 19.1 Å². The van der Waals surface area contributed by atoms with Crippen molar-refractivity contribution in [3.05, 3.63) is 0 Å². The van der Waals surface area contributed by atoms with Crippen LogP contribution in [0.5, 0.6) is 0 Å². The first-order chi connectivity index (χ1) is 12.2. The Labute approximate surface area is 149 Å². The fourth-order valence-corrected chi connectivity index (χ4v) is 3.50. The Hall–Kier alpha value is -1.22. The van der Waals surface area contributed by atoms with Gasteiger partial charge in [0.1, 0.15) is 0 Å². The van der Waals surface area contributed by atoms with Crippen LogP contribution in [-0.4, -0.2) is 111 Å². The highest BCUT2D eigenvalue weighted by Crippen LogP contribution is 2.10. The average molecular weight is 354 g/mol. The zero-order valence-corrected chi connectivity index (χ0v) is 15.0. The van der Waals surface area contributed by atoms with E-state index in [4.69, 9.17) is 9.47 Å². The first kappa shape index (κ1) is 18.6. The minimum atomic E-state index is 0.0633. The summed E-state index contributed by atoms with van der Waals surface area (Å²) in [4.78, 5) is 30.5. The number of nitrogens with one attached hydrogen (secondary N) is 1. The number of amides is 2. The number of morpholine rings is 1. The number of nitrogens with zero attached hydrogens (tertiary/aromatic N) is 3. The second-order valence-corrected chi connectivity index (χ2v) is 6.98. The van der Waals surface area contributed by atoms with E-state index in [1.807, 2.05) is 4.90 Å². The van der Waals surface area contributed by atoms with E-state index >= 15 is 0 Å². The maximum atomic E-state index is 12.3. The standard InChI is InChI=1S/C17H30N4O4/c22-16(18-12-15-2-1-9-25-15)13-19-3-5-20(6-4-19)14-17(23)21-7-10-24-11-8-21/h15H,1-14H2,(H,18,22). The summed E-state index contributed by atoms with van der Waals surface area (Å²) in [5.41, 5.74) is 0. The number of hydrogen-bond acceptors (Lipinski definition) is 6. The third-order valence-corrected chi connectivity index (χ3v) is 5.11. The quantitative estimate of drug-likeness (QED) is 0.643. The summed E-state index contributed by atoms with van der Waals surface area (Å²) in [6.45, 7) is 8.31. The van der Waals surface area contributed by atoms with Crippen LogP contribution in [0.2, 0.25) is 0 Å². The van der Waals surface area contributed by atoms with E-state index in [2.05, 4.69) is 15.1 Å². The topological polar surface area (TPSA) is 74.4 Å². The first-order valence-electron chi connectivity index (χ1n) is 9.39. The molecule has 1 atom stereocenters. The van der Waals surface area contributed by atoms with Crippen molar-refractivity contribution >= 4 is 11.8 Å². The highest BCUT2D eigenvalue weighted by molar-refractivity contribution is 5.78. The van der Waals surface area contributed by atoms with Crippen LogP contribution in [0.3, 0.4) is 0 Å². The van der Waals surface area contributed by atoms with Gasteiger partial charge in [0.05, 0.1) is 32.4 Å². The predicted octanol–water partition coefficient (Wildman–Crippen LogP) is -1.24. The Bertz CT molecular complexity index is 442. The van der Waals surface area contributed by atoms with Crippen molar-refractivity contribution in [2.24, 2.45) is 0 Å². The normalized spacial score (nSPS) is 25.9. The second-order valence-electron chi connectivity index (χ2n) is 6.98. The summed E-state index contributed by atoms with van der Waals surface area (Å²) in [6, 6.07) is 0. The van der Waals surface area contributed by atoms with Gasteiger partial charge in [0, 0.05) is 52.4 Å². The Morgan fingerprint density at radius 2 is 1.60 bits per heavy atom. The number of rotatable bonds is 6. The van der Waals surface area contributed by atoms with Gasteiger partial charge in [0.25, 0.3) is 0 Å². The summed E-state index contributed by atoms with van der Waals surface area (Å²) in [5.74, 6) is 0.249. The number of carbonyl (C=O) groups excluding carboxylic acids is 2. The summed E-state index contributed by atoms with van der Waals surface area (Å²) in [5, 5.41) is 2.97. The van der Waals surface area contributed by atoms with Crippen LogP contribution < -0.4 is 5.32 Å². The molecule has 0 aromatic rings. The Morgan fingerprint density at radius 1 is 0.920 bits per heavy atom. The molecule has 1 unspecified atom stereocenters. The zero-order valence-electron chi connectivity index (χ0n) is 15.0. The van der Waals surface area contributed by atoms with Crippen LogP contribution in [0.1, 0.15) is 12.8 Å². The van der Waals surface area contributed by atoms with Crippen molar-refractivity contribution in [3.8, 4) is 0 Å². The van der Waals surface area contributed by atoms with E-state index in [1.165, 1.54) is 0 Å². The molecule has 0 saturated carbocycles. The minimum Gasteiger partial charge on any atom is -0.378 e.